The van der Waals surface area contributed by atoms with Crippen molar-refractivity contribution in [2.45, 2.75) is 102 Å². The maximum absolute atomic E-state index is 14.1. The van der Waals surface area contributed by atoms with Gasteiger partial charge < -0.3 is 29.3 Å². The van der Waals surface area contributed by atoms with E-state index in [4.69, 9.17) is 25.8 Å². The van der Waals surface area contributed by atoms with Gasteiger partial charge in [0.05, 0.1) is 15.4 Å². The number of nitro groups is 1. The lowest BCUT2D eigenvalue weighted by molar-refractivity contribution is -0.384. The van der Waals surface area contributed by atoms with Gasteiger partial charge in [-0.15, -0.1) is 0 Å². The van der Waals surface area contributed by atoms with Gasteiger partial charge in [-0.1, -0.05) is 43.2 Å². The molecule has 0 spiro atoms. The van der Waals surface area contributed by atoms with Crippen LogP contribution in [0.5, 0.6) is 11.5 Å². The smallest absolute Gasteiger partial charge is 0.413 e. The maximum Gasteiger partial charge on any atom is 0.413 e. The van der Waals surface area contributed by atoms with E-state index in [1.807, 2.05) is 12.1 Å². The molecule has 3 aliphatic heterocycles. The van der Waals surface area contributed by atoms with Crippen molar-refractivity contribution in [1.29, 1.82) is 0 Å². The van der Waals surface area contributed by atoms with Gasteiger partial charge in [0.1, 0.15) is 28.6 Å². The van der Waals surface area contributed by atoms with Crippen LogP contribution in [-0.2, 0) is 19.5 Å². The van der Waals surface area contributed by atoms with Crippen molar-refractivity contribution in [3.05, 3.63) is 111 Å². The van der Waals surface area contributed by atoms with Crippen molar-refractivity contribution in [2.75, 3.05) is 74.6 Å². The second-order valence-corrected chi connectivity index (χ2v) is 22.8. The first kappa shape index (κ1) is 51.6. The molecule has 8 rings (SSSR count). The number of sulfonamides is 1. The number of nitrogens with one attached hydrogen (secondary N) is 3. The number of pyridine rings is 1. The van der Waals surface area contributed by atoms with Crippen molar-refractivity contribution in [1.82, 2.24) is 19.5 Å². The first-order valence-corrected chi connectivity index (χ1v) is 26.3. The number of carbonyl (C=O) groups excluding carboxylic acids is 2. The number of anilines is 3. The molecule has 1 aromatic heterocycles. The lowest BCUT2D eigenvalue weighted by atomic mass is 9.72. The highest BCUT2D eigenvalue weighted by molar-refractivity contribution is 7.90. The number of hydrogen-bond acceptors (Lipinski definition) is 14. The molecule has 19 heteroatoms. The van der Waals surface area contributed by atoms with Crippen LogP contribution in [0.2, 0.25) is 5.02 Å². The van der Waals surface area contributed by atoms with Gasteiger partial charge in [-0.2, -0.15) is 0 Å². The van der Waals surface area contributed by atoms with Gasteiger partial charge in [-0.05, 0) is 125 Å². The van der Waals surface area contributed by atoms with Crippen molar-refractivity contribution in [2.24, 2.45) is 5.41 Å². The number of benzene rings is 3. The number of hydrogen-bond donors (Lipinski definition) is 3. The summed E-state index contributed by atoms with van der Waals surface area (Å²) in [6.07, 6.45) is 7.33. The number of nitrogens with zero attached hydrogens (tertiary/aromatic N) is 5. The number of piperidine rings is 1. The zero-order valence-corrected chi connectivity index (χ0v) is 42.7. The molecule has 0 atom stereocenters. The summed E-state index contributed by atoms with van der Waals surface area (Å²) in [6.45, 7) is 16.8. The predicted octanol–water partition coefficient (Wildman–Crippen LogP) is 9.74. The fourth-order valence-electron chi connectivity index (χ4n) is 9.82. The summed E-state index contributed by atoms with van der Waals surface area (Å²) in [4.78, 5) is 49.4. The number of allylic oxidation sites excluding steroid dienone is 1. The average molecular weight is 1010 g/mol. The van der Waals surface area contributed by atoms with Crippen molar-refractivity contribution >= 4 is 62.1 Å². The number of amides is 2. The largest absolute Gasteiger partial charge is 0.456 e. The van der Waals surface area contributed by atoms with Crippen molar-refractivity contribution in [3.63, 3.8) is 0 Å². The summed E-state index contributed by atoms with van der Waals surface area (Å²) < 4.78 is 47.2. The van der Waals surface area contributed by atoms with Crippen LogP contribution in [0.25, 0.3) is 5.57 Å². The normalized spacial score (nSPS) is 18.7. The van der Waals surface area contributed by atoms with Crippen LogP contribution in [-0.4, -0.2) is 117 Å². The molecule has 1 aliphatic carbocycles. The molecule has 17 nitrogen and oxygen atoms in total. The third-order valence-electron chi connectivity index (χ3n) is 13.6. The summed E-state index contributed by atoms with van der Waals surface area (Å²) in [6, 6.07) is 20.1. The van der Waals surface area contributed by atoms with Crippen molar-refractivity contribution < 1.29 is 37.1 Å². The molecule has 4 aromatic rings. The van der Waals surface area contributed by atoms with Gasteiger partial charge in [-0.25, -0.2) is 22.9 Å². The van der Waals surface area contributed by atoms with E-state index in [1.54, 1.807) is 32.9 Å². The van der Waals surface area contributed by atoms with Gasteiger partial charge in [0.25, 0.3) is 21.6 Å². The van der Waals surface area contributed by atoms with E-state index in [0.29, 0.717) is 24.2 Å². The zero-order chi connectivity index (χ0) is 50.5. The molecule has 4 aliphatic rings. The molecule has 380 valence electrons. The van der Waals surface area contributed by atoms with Gasteiger partial charge in [0.15, 0.2) is 0 Å². The first-order valence-electron chi connectivity index (χ1n) is 24.4. The topological polar surface area (TPSA) is 198 Å². The van der Waals surface area contributed by atoms with Crippen LogP contribution < -0.4 is 25.0 Å². The van der Waals surface area contributed by atoms with Crippen LogP contribution in [0.4, 0.5) is 27.7 Å². The fraction of sp³-hybridized carbons (Fsp3) is 0.481. The molecule has 0 unspecified atom stereocenters. The Morgan fingerprint density at radius 2 is 1.65 bits per heavy atom. The number of rotatable bonds is 14. The molecule has 0 bridgehead atoms. The van der Waals surface area contributed by atoms with Crippen LogP contribution in [0, 0.1) is 15.5 Å². The molecule has 4 heterocycles. The molecule has 0 radical (unpaired) electrons. The second kappa shape index (κ2) is 21.9. The van der Waals surface area contributed by atoms with Gasteiger partial charge >= 0.3 is 6.09 Å². The number of ether oxygens (including phenoxy) is 3. The van der Waals surface area contributed by atoms with Gasteiger partial charge in [-0.3, -0.25) is 25.1 Å². The lowest BCUT2D eigenvalue weighted by Crippen LogP contribution is -2.47. The minimum atomic E-state index is -4.64. The molecule has 2 amide bonds. The summed E-state index contributed by atoms with van der Waals surface area (Å²) in [5, 5.41) is 19.0. The number of carbonyl (C=O) groups is 2. The number of nitro benzene ring substituents is 1. The third kappa shape index (κ3) is 13.6. The third-order valence-corrected chi connectivity index (χ3v) is 15.2. The van der Waals surface area contributed by atoms with Crippen LogP contribution >= 0.6 is 11.6 Å². The Morgan fingerprint density at radius 3 is 2.34 bits per heavy atom. The van der Waals surface area contributed by atoms with E-state index in [2.05, 4.69) is 61.0 Å². The Hall–Kier alpha value is -5.79. The van der Waals surface area contributed by atoms with Crippen LogP contribution in [0.3, 0.4) is 0 Å². The first-order chi connectivity index (χ1) is 33.8. The molecule has 3 N–H and O–H groups in total. The molecular formula is C52H65ClN8O9S. The highest BCUT2D eigenvalue weighted by Gasteiger charge is 2.32. The second-order valence-electron chi connectivity index (χ2n) is 20.6. The van der Waals surface area contributed by atoms with E-state index in [-0.39, 0.29) is 40.0 Å². The summed E-state index contributed by atoms with van der Waals surface area (Å²) in [5.41, 5.74) is 3.89. The predicted molar refractivity (Wildman–Crippen MR) is 275 cm³/mol. The summed E-state index contributed by atoms with van der Waals surface area (Å²) >= 11 is 6.26. The minimum Gasteiger partial charge on any atom is -0.456 e. The monoisotopic (exact) mass is 1010 g/mol. The Morgan fingerprint density at radius 1 is 0.930 bits per heavy atom. The number of aromatic nitrogens is 1. The molecule has 3 fully saturated rings. The maximum atomic E-state index is 14.1. The van der Waals surface area contributed by atoms with Crippen LogP contribution in [0.15, 0.2) is 89.5 Å². The van der Waals surface area contributed by atoms with E-state index in [1.165, 1.54) is 53.2 Å². The highest BCUT2D eigenvalue weighted by atomic mass is 35.5. The van der Waals surface area contributed by atoms with Gasteiger partial charge in [0, 0.05) is 106 Å². The molecular weight excluding hydrogens is 948 g/mol. The molecule has 3 saturated heterocycles. The Bertz CT molecular complexity index is 2730. The average Bonchev–Trinajstić information content (AvgIpc) is 3.32. The Kier molecular flexibility index (Phi) is 15.9. The number of likely N-dealkylation sites (tertiary alicyclic amines) is 1. The van der Waals surface area contributed by atoms with Crippen molar-refractivity contribution in [3.8, 4) is 11.5 Å². The van der Waals surface area contributed by atoms with E-state index in [9.17, 15) is 28.1 Å². The van der Waals surface area contributed by atoms with E-state index < -0.39 is 43.1 Å². The van der Waals surface area contributed by atoms with Crippen LogP contribution in [0.1, 0.15) is 95.5 Å². The standard InChI is InChI=1S/C52H65ClN8O9S/c1-51(2,3)70-50(63)56-48-31-41(15-21-54-48)69-47-30-40(60-26-24-58(25-27-60)34-36-14-20-52(4,5)33-44(36)35-6-8-37(53)9-7-35)10-12-43(47)49(62)57-71(66,67)42-11-13-45(46(32-42)61(64)65)55-38-16-22-59(23-17-38)39-18-28-68-29-19-39/h6-13,15,21,30-32,38-39,55H,14,16-20,22-29,33-34H2,1-5H3,(H,57,62)(H,54,56,63). The number of halogens is 1. The van der Waals surface area contributed by atoms with E-state index >= 15 is 0 Å². The minimum absolute atomic E-state index is 0.0306. The fourth-order valence-corrected chi connectivity index (χ4v) is 10.9. The Labute approximate surface area is 421 Å². The zero-order valence-electron chi connectivity index (χ0n) is 41.2. The molecule has 71 heavy (non-hydrogen) atoms. The number of piperazine rings is 1. The molecule has 0 saturated carbocycles. The molecule has 3 aromatic carbocycles. The SMILES string of the molecule is CC1(C)CCC(CN2CCN(c3ccc(C(=O)NS(=O)(=O)c4ccc(NC5CCN(C6CCOCC6)CC5)c([N+](=O)[O-])c4)c(Oc4ccnc(NC(=O)OC(C)(C)C)c4)c3)CC2)=C(c2ccc(Cl)cc2)C1. The van der Waals surface area contributed by atoms with Gasteiger partial charge in [0.2, 0.25) is 0 Å². The lowest BCUT2D eigenvalue weighted by Gasteiger charge is -2.39. The Balaban J connectivity index is 0.994. The van der Waals surface area contributed by atoms with E-state index in [0.717, 1.165) is 103 Å². The quantitative estimate of drug-likeness (QED) is 0.0797. The highest BCUT2D eigenvalue weighted by Crippen LogP contribution is 2.44. The summed E-state index contributed by atoms with van der Waals surface area (Å²) in [7, 11) is -4.64. The summed E-state index contributed by atoms with van der Waals surface area (Å²) in [5.74, 6) is -0.672.